The Labute approximate surface area is 280 Å². The number of rotatable bonds is 26. The molecule has 0 heterocycles. The SMILES string of the molecule is C=CC(=O)OCCOC(=O)CCC(=O)OCCOC(=O)CCC(=O)OC(=O)CCC(=O)OCCOC(=O)CCC(=O)OCCOC(=O)C=C. The molecule has 19 nitrogen and oxygen atoms in total. The van der Waals surface area contributed by atoms with E-state index in [0.717, 1.165) is 12.2 Å². The summed E-state index contributed by atoms with van der Waals surface area (Å²) in [6.45, 7) is 4.32. The van der Waals surface area contributed by atoms with Gasteiger partial charge in [-0.15, -0.1) is 0 Å². The van der Waals surface area contributed by atoms with E-state index in [2.05, 4.69) is 27.4 Å². The molecule has 0 aromatic heterocycles. The van der Waals surface area contributed by atoms with Crippen LogP contribution in [0.1, 0.15) is 51.4 Å². The molecular weight excluding hydrogens is 664 g/mol. The highest BCUT2D eigenvalue weighted by Gasteiger charge is 2.16. The van der Waals surface area contributed by atoms with Gasteiger partial charge in [-0.3, -0.25) is 38.4 Å². The van der Waals surface area contributed by atoms with E-state index in [-0.39, 0.29) is 78.5 Å². The number of carbonyl (C=O) groups excluding carboxylic acids is 10. The van der Waals surface area contributed by atoms with Gasteiger partial charge in [0.1, 0.15) is 52.9 Å². The minimum Gasteiger partial charge on any atom is -0.462 e. The lowest BCUT2D eigenvalue weighted by atomic mass is 10.3. The third kappa shape index (κ3) is 27.2. The first kappa shape index (κ1) is 43.4. The molecule has 0 aliphatic rings. The summed E-state index contributed by atoms with van der Waals surface area (Å²) >= 11 is 0. The van der Waals surface area contributed by atoms with Crippen molar-refractivity contribution in [2.24, 2.45) is 0 Å². The van der Waals surface area contributed by atoms with E-state index in [1.807, 2.05) is 0 Å². The summed E-state index contributed by atoms with van der Waals surface area (Å²) in [4.78, 5) is 115. The van der Waals surface area contributed by atoms with E-state index in [0.29, 0.717) is 0 Å². The van der Waals surface area contributed by atoms with Gasteiger partial charge in [-0.2, -0.15) is 0 Å². The molecule has 0 unspecified atom stereocenters. The fourth-order valence-corrected chi connectivity index (χ4v) is 2.81. The van der Waals surface area contributed by atoms with E-state index >= 15 is 0 Å². The van der Waals surface area contributed by atoms with E-state index in [4.69, 9.17) is 28.4 Å². The van der Waals surface area contributed by atoms with Crippen molar-refractivity contribution in [2.75, 3.05) is 52.9 Å². The lowest BCUT2D eigenvalue weighted by molar-refractivity contribution is -0.163. The molecule has 0 N–H and O–H groups in total. The van der Waals surface area contributed by atoms with Crippen molar-refractivity contribution in [1.29, 1.82) is 0 Å². The molecule has 0 spiro atoms. The molecule has 49 heavy (non-hydrogen) atoms. The molecule has 0 saturated carbocycles. The van der Waals surface area contributed by atoms with Crippen LogP contribution in [0.15, 0.2) is 25.3 Å². The van der Waals surface area contributed by atoms with Crippen LogP contribution in [0, 0.1) is 0 Å². The number of hydrogen-bond acceptors (Lipinski definition) is 19. The molecule has 0 rings (SSSR count). The molecule has 0 aromatic carbocycles. The first-order chi connectivity index (χ1) is 23.4. The highest BCUT2D eigenvalue weighted by Crippen LogP contribution is 2.02. The van der Waals surface area contributed by atoms with Crippen LogP contribution >= 0.6 is 0 Å². The van der Waals surface area contributed by atoms with Crippen molar-refractivity contribution in [3.8, 4) is 0 Å². The van der Waals surface area contributed by atoms with Crippen LogP contribution in [-0.2, 0) is 90.6 Å². The zero-order valence-corrected chi connectivity index (χ0v) is 26.6. The minimum absolute atomic E-state index is 0.172. The summed E-state index contributed by atoms with van der Waals surface area (Å²) in [6.07, 6.45) is -1.26. The Kier molecular flexibility index (Phi) is 24.3. The quantitative estimate of drug-likeness (QED) is 0.0375. The van der Waals surface area contributed by atoms with Gasteiger partial charge in [-0.25, -0.2) is 9.59 Å². The van der Waals surface area contributed by atoms with Crippen LogP contribution < -0.4 is 0 Å². The molecule has 0 aliphatic heterocycles. The fourth-order valence-electron chi connectivity index (χ4n) is 2.81. The van der Waals surface area contributed by atoms with Gasteiger partial charge in [0.15, 0.2) is 0 Å². The second-order valence-corrected chi connectivity index (χ2v) is 8.91. The van der Waals surface area contributed by atoms with Crippen LogP contribution in [0.4, 0.5) is 0 Å². The molecule has 0 radical (unpaired) electrons. The monoisotopic (exact) mass is 702 g/mol. The number of carbonyl (C=O) groups is 10. The van der Waals surface area contributed by atoms with Gasteiger partial charge in [0.05, 0.1) is 51.4 Å². The van der Waals surface area contributed by atoms with E-state index in [1.54, 1.807) is 0 Å². The fraction of sp³-hybridized carbons (Fsp3) is 0.533. The first-order valence-electron chi connectivity index (χ1n) is 14.6. The minimum atomic E-state index is -1.06. The van der Waals surface area contributed by atoms with Crippen LogP contribution in [0.3, 0.4) is 0 Å². The molecule has 0 fully saturated rings. The Morgan fingerprint density at radius 2 is 0.490 bits per heavy atom. The van der Waals surface area contributed by atoms with Crippen molar-refractivity contribution < 1.29 is 90.6 Å². The van der Waals surface area contributed by atoms with Crippen LogP contribution in [-0.4, -0.2) is 113 Å². The van der Waals surface area contributed by atoms with Crippen LogP contribution in [0.25, 0.3) is 0 Å². The summed E-state index contributed by atoms with van der Waals surface area (Å²) in [5, 5.41) is 0. The molecule has 272 valence electrons. The predicted octanol–water partition coefficient (Wildman–Crippen LogP) is -0.105. The van der Waals surface area contributed by atoms with Crippen molar-refractivity contribution in [2.45, 2.75) is 51.4 Å². The summed E-state index contributed by atoms with van der Waals surface area (Å²) in [5.41, 5.74) is 0. The molecule has 0 saturated heterocycles. The first-order valence-corrected chi connectivity index (χ1v) is 14.6. The average Bonchev–Trinajstić information content (AvgIpc) is 3.08. The van der Waals surface area contributed by atoms with Gasteiger partial charge in [-0.05, 0) is 0 Å². The Bertz CT molecular complexity index is 1100. The van der Waals surface area contributed by atoms with Crippen molar-refractivity contribution >= 4 is 59.7 Å². The Hall–Kier alpha value is -5.62. The maximum Gasteiger partial charge on any atom is 0.330 e. The topological polar surface area (TPSA) is 254 Å². The van der Waals surface area contributed by atoms with Gasteiger partial charge in [0, 0.05) is 12.2 Å². The zero-order chi connectivity index (χ0) is 36.9. The summed E-state index contributed by atoms with van der Waals surface area (Å²) in [5.74, 6) is -8.15. The number of hydrogen-bond donors (Lipinski definition) is 0. The molecule has 0 aromatic rings. The molecule has 0 amide bonds. The average molecular weight is 703 g/mol. The second-order valence-electron chi connectivity index (χ2n) is 8.91. The third-order valence-corrected chi connectivity index (χ3v) is 5.09. The van der Waals surface area contributed by atoms with E-state index in [9.17, 15) is 47.9 Å². The van der Waals surface area contributed by atoms with E-state index in [1.165, 1.54) is 0 Å². The molecule has 0 aliphatic carbocycles. The van der Waals surface area contributed by atoms with Gasteiger partial charge in [0.2, 0.25) is 0 Å². The lowest BCUT2D eigenvalue weighted by Gasteiger charge is -2.08. The zero-order valence-electron chi connectivity index (χ0n) is 26.6. The Morgan fingerprint density at radius 1 is 0.306 bits per heavy atom. The van der Waals surface area contributed by atoms with Gasteiger partial charge < -0.3 is 42.6 Å². The van der Waals surface area contributed by atoms with Gasteiger partial charge >= 0.3 is 59.7 Å². The van der Waals surface area contributed by atoms with Crippen molar-refractivity contribution in [3.63, 3.8) is 0 Å². The highest BCUT2D eigenvalue weighted by atomic mass is 16.6. The molecule has 0 atom stereocenters. The second kappa shape index (κ2) is 27.5. The summed E-state index contributed by atoms with van der Waals surface area (Å²) in [7, 11) is 0. The number of ether oxygens (including phenoxy) is 9. The highest BCUT2D eigenvalue weighted by molar-refractivity contribution is 5.88. The maximum atomic E-state index is 11.7. The molecule has 0 bridgehead atoms. The summed E-state index contributed by atoms with van der Waals surface area (Å²) < 4.78 is 42.4. The Morgan fingerprint density at radius 3 is 0.694 bits per heavy atom. The predicted molar refractivity (Wildman–Crippen MR) is 156 cm³/mol. The van der Waals surface area contributed by atoms with Crippen LogP contribution in [0.5, 0.6) is 0 Å². The lowest BCUT2D eigenvalue weighted by Crippen LogP contribution is -2.18. The maximum absolute atomic E-state index is 11.7. The molecular formula is C30H38O19. The van der Waals surface area contributed by atoms with Crippen molar-refractivity contribution in [1.82, 2.24) is 0 Å². The normalized spacial score (nSPS) is 9.88. The smallest absolute Gasteiger partial charge is 0.330 e. The number of esters is 10. The van der Waals surface area contributed by atoms with Crippen molar-refractivity contribution in [3.05, 3.63) is 25.3 Å². The third-order valence-electron chi connectivity index (χ3n) is 5.09. The molecule has 19 heteroatoms. The van der Waals surface area contributed by atoms with Crippen LogP contribution in [0.2, 0.25) is 0 Å². The summed E-state index contributed by atoms with van der Waals surface area (Å²) in [6, 6.07) is 0. The van der Waals surface area contributed by atoms with Gasteiger partial charge in [-0.1, -0.05) is 13.2 Å². The van der Waals surface area contributed by atoms with Gasteiger partial charge in [0.25, 0.3) is 0 Å². The van der Waals surface area contributed by atoms with E-state index < -0.39 is 85.4 Å². The largest absolute Gasteiger partial charge is 0.462 e. The Balaban J connectivity index is 3.85. The standard InChI is InChI=1S/C30H38O19/c1-3-21(31)41-13-15-43-23(33)5-7-25(35)45-17-19-47-27(37)9-11-29(39)49-30(40)12-10-28(38)48-20-18-46-26(36)8-6-24(34)44-16-14-42-22(32)4-2/h3-4H,1-2,5-20H2.